The lowest BCUT2D eigenvalue weighted by atomic mass is 9.79. The number of carbonyl (C=O) groups is 2. The minimum absolute atomic E-state index is 0.0583. The molecule has 3 fully saturated rings. The molecule has 0 unspecified atom stereocenters. The smallest absolute Gasteiger partial charge is 0.255 e. The van der Waals surface area contributed by atoms with E-state index in [-0.39, 0.29) is 11.3 Å². The van der Waals surface area contributed by atoms with Gasteiger partial charge in [-0.25, -0.2) is 0 Å². The third-order valence-corrected chi connectivity index (χ3v) is 6.28. The molecule has 2 saturated heterocycles. The molecule has 0 N–H and O–H groups in total. The van der Waals surface area contributed by atoms with Crippen LogP contribution in [0.2, 0.25) is 0 Å². The highest BCUT2D eigenvalue weighted by Gasteiger charge is 2.48. The highest BCUT2D eigenvalue weighted by molar-refractivity contribution is 5.95. The Morgan fingerprint density at radius 3 is 2.80 bits per heavy atom. The van der Waals surface area contributed by atoms with Crippen LogP contribution in [0.4, 0.5) is 0 Å². The highest BCUT2D eigenvalue weighted by atomic mass is 16.2. The third-order valence-electron chi connectivity index (χ3n) is 6.28. The van der Waals surface area contributed by atoms with Crippen molar-refractivity contribution in [2.24, 2.45) is 11.3 Å². The van der Waals surface area contributed by atoms with Crippen molar-refractivity contribution in [2.45, 2.75) is 45.4 Å². The van der Waals surface area contributed by atoms with E-state index in [0.717, 1.165) is 56.8 Å². The van der Waals surface area contributed by atoms with Crippen molar-refractivity contribution in [1.29, 1.82) is 0 Å². The van der Waals surface area contributed by atoms with Crippen molar-refractivity contribution in [3.8, 4) is 0 Å². The SMILES string of the molecule is Cc1ccncc1C(=O)N1CCC[C@]2(CC1)CCN(CC1CC1)C2=O. The van der Waals surface area contributed by atoms with Crippen LogP contribution in [-0.2, 0) is 4.79 Å². The molecule has 3 heterocycles. The second-order valence-electron chi connectivity index (χ2n) is 8.06. The van der Waals surface area contributed by atoms with Crippen molar-refractivity contribution in [3.63, 3.8) is 0 Å². The number of rotatable bonds is 3. The lowest BCUT2D eigenvalue weighted by Crippen LogP contribution is -2.37. The summed E-state index contributed by atoms with van der Waals surface area (Å²) in [5, 5.41) is 0. The maximum atomic E-state index is 13.0. The van der Waals surface area contributed by atoms with Gasteiger partial charge < -0.3 is 9.80 Å². The molecule has 2 aliphatic heterocycles. The highest BCUT2D eigenvalue weighted by Crippen LogP contribution is 2.43. The molecular weight excluding hydrogens is 314 g/mol. The second-order valence-corrected chi connectivity index (χ2v) is 8.06. The number of nitrogens with zero attached hydrogens (tertiary/aromatic N) is 3. The molecule has 134 valence electrons. The van der Waals surface area contributed by atoms with Gasteiger partial charge in [0.1, 0.15) is 0 Å². The van der Waals surface area contributed by atoms with Gasteiger partial charge in [0.2, 0.25) is 5.91 Å². The number of hydrogen-bond donors (Lipinski definition) is 0. The zero-order valence-electron chi connectivity index (χ0n) is 15.0. The maximum absolute atomic E-state index is 13.0. The van der Waals surface area contributed by atoms with Gasteiger partial charge in [-0.3, -0.25) is 14.6 Å². The van der Waals surface area contributed by atoms with Crippen molar-refractivity contribution >= 4 is 11.8 Å². The number of carbonyl (C=O) groups excluding carboxylic acids is 2. The molecule has 1 aromatic heterocycles. The molecule has 5 nitrogen and oxygen atoms in total. The van der Waals surface area contributed by atoms with Gasteiger partial charge in [0.05, 0.1) is 11.0 Å². The topological polar surface area (TPSA) is 53.5 Å². The Bertz CT molecular complexity index is 685. The molecule has 2 amide bonds. The predicted molar refractivity (Wildman–Crippen MR) is 95.1 cm³/mol. The third kappa shape index (κ3) is 3.16. The van der Waals surface area contributed by atoms with Crippen LogP contribution in [0.1, 0.15) is 54.4 Å². The van der Waals surface area contributed by atoms with Gasteiger partial charge >= 0.3 is 0 Å². The predicted octanol–water partition coefficient (Wildman–Crippen LogP) is 2.64. The van der Waals surface area contributed by atoms with E-state index >= 15 is 0 Å². The summed E-state index contributed by atoms with van der Waals surface area (Å²) < 4.78 is 0. The first-order valence-electron chi connectivity index (χ1n) is 9.58. The van der Waals surface area contributed by atoms with Gasteiger partial charge in [-0.2, -0.15) is 0 Å². The number of pyridine rings is 1. The average Bonchev–Trinajstić information content (AvgIpc) is 3.40. The molecule has 1 spiro atoms. The minimum Gasteiger partial charge on any atom is -0.342 e. The van der Waals surface area contributed by atoms with Crippen LogP contribution in [0, 0.1) is 18.3 Å². The zero-order chi connectivity index (χ0) is 17.4. The second kappa shape index (κ2) is 6.43. The molecule has 5 heteroatoms. The largest absolute Gasteiger partial charge is 0.342 e. The molecule has 1 atom stereocenters. The van der Waals surface area contributed by atoms with Gasteiger partial charge in [0.25, 0.3) is 5.91 Å². The van der Waals surface area contributed by atoms with Crippen LogP contribution in [0.5, 0.6) is 0 Å². The van der Waals surface area contributed by atoms with E-state index in [2.05, 4.69) is 9.88 Å². The number of aromatic nitrogens is 1. The van der Waals surface area contributed by atoms with Gasteiger partial charge in [-0.05, 0) is 63.0 Å². The summed E-state index contributed by atoms with van der Waals surface area (Å²) >= 11 is 0. The van der Waals surface area contributed by atoms with Gasteiger partial charge in [-0.15, -0.1) is 0 Å². The quantitative estimate of drug-likeness (QED) is 0.849. The van der Waals surface area contributed by atoms with Gasteiger partial charge in [0, 0.05) is 38.6 Å². The Labute approximate surface area is 149 Å². The summed E-state index contributed by atoms with van der Waals surface area (Å²) in [5.74, 6) is 1.16. The number of hydrogen-bond acceptors (Lipinski definition) is 3. The molecule has 1 aliphatic carbocycles. The van der Waals surface area contributed by atoms with Crippen LogP contribution in [0.15, 0.2) is 18.5 Å². The Balaban J connectivity index is 1.44. The number of likely N-dealkylation sites (tertiary alicyclic amines) is 2. The van der Waals surface area contributed by atoms with Crippen LogP contribution in [-0.4, -0.2) is 52.8 Å². The van der Waals surface area contributed by atoms with E-state index in [1.807, 2.05) is 17.9 Å². The number of amides is 2. The summed E-state index contributed by atoms with van der Waals surface area (Å²) in [6.45, 7) is 5.23. The van der Waals surface area contributed by atoms with E-state index in [1.54, 1.807) is 12.4 Å². The Kier molecular flexibility index (Phi) is 4.26. The van der Waals surface area contributed by atoms with Crippen molar-refractivity contribution in [1.82, 2.24) is 14.8 Å². The summed E-state index contributed by atoms with van der Waals surface area (Å²) in [5.41, 5.74) is 1.44. The Hall–Kier alpha value is -1.91. The summed E-state index contributed by atoms with van der Waals surface area (Å²) in [4.78, 5) is 34.0. The normalized spacial score (nSPS) is 27.0. The van der Waals surface area contributed by atoms with E-state index in [0.29, 0.717) is 18.0 Å². The molecule has 25 heavy (non-hydrogen) atoms. The molecule has 1 saturated carbocycles. The lowest BCUT2D eigenvalue weighted by Gasteiger charge is -2.27. The number of aryl methyl sites for hydroxylation is 1. The van der Waals surface area contributed by atoms with Crippen molar-refractivity contribution in [3.05, 3.63) is 29.6 Å². The van der Waals surface area contributed by atoms with Crippen molar-refractivity contribution in [2.75, 3.05) is 26.2 Å². The maximum Gasteiger partial charge on any atom is 0.255 e. The Morgan fingerprint density at radius 2 is 2.04 bits per heavy atom. The fourth-order valence-corrected chi connectivity index (χ4v) is 4.40. The summed E-state index contributed by atoms with van der Waals surface area (Å²) in [7, 11) is 0. The van der Waals surface area contributed by atoms with Crippen LogP contribution >= 0.6 is 0 Å². The van der Waals surface area contributed by atoms with E-state index in [9.17, 15) is 9.59 Å². The molecule has 0 radical (unpaired) electrons. The van der Waals surface area contributed by atoms with E-state index in [4.69, 9.17) is 0 Å². The molecule has 0 bridgehead atoms. The van der Waals surface area contributed by atoms with Crippen LogP contribution in [0.25, 0.3) is 0 Å². The van der Waals surface area contributed by atoms with Crippen LogP contribution < -0.4 is 0 Å². The molecule has 1 aromatic rings. The fraction of sp³-hybridized carbons (Fsp3) is 0.650. The Morgan fingerprint density at radius 1 is 1.24 bits per heavy atom. The molecule has 3 aliphatic rings. The molecular formula is C20H27N3O2. The van der Waals surface area contributed by atoms with Gasteiger partial charge in [-0.1, -0.05) is 0 Å². The summed E-state index contributed by atoms with van der Waals surface area (Å²) in [6, 6.07) is 1.88. The van der Waals surface area contributed by atoms with Crippen LogP contribution in [0.3, 0.4) is 0 Å². The summed E-state index contributed by atoms with van der Waals surface area (Å²) in [6.07, 6.45) is 9.54. The lowest BCUT2D eigenvalue weighted by molar-refractivity contribution is -0.136. The molecule has 0 aromatic carbocycles. The first-order chi connectivity index (χ1) is 12.1. The molecule has 4 rings (SSSR count). The van der Waals surface area contributed by atoms with E-state index in [1.165, 1.54) is 12.8 Å². The average molecular weight is 341 g/mol. The minimum atomic E-state index is -0.214. The monoisotopic (exact) mass is 341 g/mol. The fourth-order valence-electron chi connectivity index (χ4n) is 4.40. The first-order valence-corrected chi connectivity index (χ1v) is 9.58. The van der Waals surface area contributed by atoms with Crippen molar-refractivity contribution < 1.29 is 9.59 Å². The van der Waals surface area contributed by atoms with Gasteiger partial charge in [0.15, 0.2) is 0 Å². The zero-order valence-corrected chi connectivity index (χ0v) is 15.0. The standard InChI is InChI=1S/C20H27N3O2/c1-15-5-9-21-13-17(15)18(24)22-10-2-6-20(7-11-22)8-12-23(19(20)25)14-16-3-4-16/h5,9,13,16H,2-4,6-8,10-12,14H2,1H3/t20-/m0/s1. The van der Waals surface area contributed by atoms with E-state index < -0.39 is 0 Å². The first kappa shape index (κ1) is 16.6.